The molecule has 7 nitrogen and oxygen atoms in total. The minimum absolute atomic E-state index is 0.0389. The topological polar surface area (TPSA) is 93.9 Å². The molecular formula is C16H25N3O4. The van der Waals surface area contributed by atoms with Crippen LogP contribution in [0, 0.1) is 6.92 Å². The summed E-state index contributed by atoms with van der Waals surface area (Å²) in [5, 5.41) is 2.90. The van der Waals surface area contributed by atoms with E-state index in [0.29, 0.717) is 11.5 Å². The van der Waals surface area contributed by atoms with Crippen LogP contribution < -0.4 is 20.5 Å². The summed E-state index contributed by atoms with van der Waals surface area (Å²) in [5.41, 5.74) is 7.03. The normalized spacial score (nSPS) is 11.9. The Hall–Kier alpha value is -2.28. The molecule has 1 atom stereocenters. The number of methoxy groups -OCH3 is 2. The van der Waals surface area contributed by atoms with Gasteiger partial charge in [-0.2, -0.15) is 0 Å². The fraction of sp³-hybridized carbons (Fsp3) is 0.500. The summed E-state index contributed by atoms with van der Waals surface area (Å²) in [5.74, 6) is 0.605. The lowest BCUT2D eigenvalue weighted by molar-refractivity contribution is -0.123. The van der Waals surface area contributed by atoms with E-state index >= 15 is 0 Å². The highest BCUT2D eigenvalue weighted by molar-refractivity contribution is 5.80. The Balaban J connectivity index is 2.79. The molecule has 0 aliphatic rings. The summed E-state index contributed by atoms with van der Waals surface area (Å²) < 4.78 is 10.6. The van der Waals surface area contributed by atoms with Gasteiger partial charge < -0.3 is 20.5 Å². The number of primary amides is 1. The Morgan fingerprint density at radius 1 is 1.22 bits per heavy atom. The van der Waals surface area contributed by atoms with Gasteiger partial charge in [-0.3, -0.25) is 14.5 Å². The summed E-state index contributed by atoms with van der Waals surface area (Å²) in [7, 11) is 4.81. The molecule has 1 rings (SSSR count). The van der Waals surface area contributed by atoms with Crippen molar-refractivity contribution in [3.05, 3.63) is 23.3 Å². The van der Waals surface area contributed by atoms with Gasteiger partial charge in [-0.05, 0) is 44.2 Å². The molecule has 0 aromatic heterocycles. The number of carbonyl (C=O) groups excluding carboxylic acids is 2. The van der Waals surface area contributed by atoms with Crippen LogP contribution in [0.4, 0.5) is 0 Å². The lowest BCUT2D eigenvalue weighted by Gasteiger charge is -2.21. The fourth-order valence-electron chi connectivity index (χ4n) is 2.39. The van der Waals surface area contributed by atoms with Crippen molar-refractivity contribution in [3.63, 3.8) is 0 Å². The molecule has 0 bridgehead atoms. The number of nitrogens with one attached hydrogen (secondary N) is 1. The van der Waals surface area contributed by atoms with Crippen LogP contribution >= 0.6 is 0 Å². The van der Waals surface area contributed by atoms with E-state index in [9.17, 15) is 9.59 Å². The van der Waals surface area contributed by atoms with Gasteiger partial charge in [0.1, 0.15) is 0 Å². The lowest BCUT2D eigenvalue weighted by Crippen LogP contribution is -2.40. The SMILES string of the molecule is COc1cc(C)c([C@@H](C)NC(=O)CN(C)CC(N)=O)cc1OC. The minimum atomic E-state index is -0.468. The van der Waals surface area contributed by atoms with Crippen LogP contribution in [0.1, 0.15) is 24.1 Å². The van der Waals surface area contributed by atoms with Gasteiger partial charge in [0, 0.05) is 0 Å². The molecule has 1 aromatic carbocycles. The number of ether oxygens (including phenoxy) is 2. The molecule has 0 unspecified atom stereocenters. The summed E-state index contributed by atoms with van der Waals surface area (Å²) in [6.07, 6.45) is 0. The molecule has 0 aliphatic carbocycles. The first-order valence-electron chi connectivity index (χ1n) is 7.27. The fourth-order valence-corrected chi connectivity index (χ4v) is 2.39. The second-order valence-electron chi connectivity index (χ2n) is 5.49. The molecule has 0 spiro atoms. The van der Waals surface area contributed by atoms with Crippen LogP contribution in [0.25, 0.3) is 0 Å². The highest BCUT2D eigenvalue weighted by Crippen LogP contribution is 2.32. The zero-order valence-corrected chi connectivity index (χ0v) is 14.3. The monoisotopic (exact) mass is 323 g/mol. The quantitative estimate of drug-likeness (QED) is 0.731. The van der Waals surface area contributed by atoms with E-state index in [1.165, 1.54) is 0 Å². The number of aryl methyl sites for hydroxylation is 1. The highest BCUT2D eigenvalue weighted by atomic mass is 16.5. The van der Waals surface area contributed by atoms with Gasteiger partial charge in [-0.25, -0.2) is 0 Å². The summed E-state index contributed by atoms with van der Waals surface area (Å²) in [4.78, 5) is 24.4. The average Bonchev–Trinajstić information content (AvgIpc) is 2.45. The third-order valence-electron chi connectivity index (χ3n) is 3.46. The van der Waals surface area contributed by atoms with Gasteiger partial charge in [0.15, 0.2) is 11.5 Å². The van der Waals surface area contributed by atoms with Crippen molar-refractivity contribution in [3.8, 4) is 11.5 Å². The molecule has 0 aliphatic heterocycles. The minimum Gasteiger partial charge on any atom is -0.493 e. The van der Waals surface area contributed by atoms with Crippen LogP contribution in [0.5, 0.6) is 11.5 Å². The Bertz CT molecular complexity index is 575. The van der Waals surface area contributed by atoms with E-state index in [2.05, 4.69) is 5.32 Å². The largest absolute Gasteiger partial charge is 0.493 e. The van der Waals surface area contributed by atoms with E-state index in [0.717, 1.165) is 11.1 Å². The maximum Gasteiger partial charge on any atom is 0.234 e. The van der Waals surface area contributed by atoms with Crippen molar-refractivity contribution in [1.29, 1.82) is 0 Å². The zero-order chi connectivity index (χ0) is 17.6. The van der Waals surface area contributed by atoms with Crippen molar-refractivity contribution < 1.29 is 19.1 Å². The van der Waals surface area contributed by atoms with Crippen molar-refractivity contribution >= 4 is 11.8 Å². The number of nitrogens with two attached hydrogens (primary N) is 1. The summed E-state index contributed by atoms with van der Waals surface area (Å²) >= 11 is 0. The van der Waals surface area contributed by atoms with Gasteiger partial charge >= 0.3 is 0 Å². The lowest BCUT2D eigenvalue weighted by atomic mass is 10.0. The standard InChI is InChI=1S/C16H25N3O4/c1-10-6-13(22-4)14(23-5)7-12(10)11(2)18-16(21)9-19(3)8-15(17)20/h6-7,11H,8-9H2,1-5H3,(H2,17,20)(H,18,21)/t11-/m1/s1. The number of likely N-dealkylation sites (N-methyl/N-ethyl adjacent to an activating group) is 1. The molecule has 0 radical (unpaired) electrons. The number of amides is 2. The third kappa shape index (κ3) is 5.45. The first-order chi connectivity index (χ1) is 10.8. The van der Waals surface area contributed by atoms with Crippen molar-refractivity contribution in [1.82, 2.24) is 10.2 Å². The summed E-state index contributed by atoms with van der Waals surface area (Å²) in [6.45, 7) is 3.97. The maximum atomic E-state index is 12.0. The molecule has 0 saturated carbocycles. The van der Waals surface area contributed by atoms with Crippen molar-refractivity contribution in [2.24, 2.45) is 5.73 Å². The Labute approximate surface area is 136 Å². The zero-order valence-electron chi connectivity index (χ0n) is 14.3. The highest BCUT2D eigenvalue weighted by Gasteiger charge is 2.17. The molecule has 3 N–H and O–H groups in total. The second kappa shape index (κ2) is 8.38. The van der Waals surface area contributed by atoms with Crippen LogP contribution in [0.2, 0.25) is 0 Å². The number of hydrogen-bond donors (Lipinski definition) is 2. The molecule has 0 saturated heterocycles. The van der Waals surface area contributed by atoms with Crippen molar-refractivity contribution in [2.75, 3.05) is 34.4 Å². The van der Waals surface area contributed by atoms with Gasteiger partial charge in [0.25, 0.3) is 0 Å². The Morgan fingerprint density at radius 3 is 2.30 bits per heavy atom. The van der Waals surface area contributed by atoms with Crippen molar-refractivity contribution in [2.45, 2.75) is 19.9 Å². The molecular weight excluding hydrogens is 298 g/mol. The predicted octanol–water partition coefficient (Wildman–Crippen LogP) is 0.607. The molecule has 7 heteroatoms. The molecule has 128 valence electrons. The molecule has 2 amide bonds. The van der Waals surface area contributed by atoms with Crippen LogP contribution in [0.15, 0.2) is 12.1 Å². The number of nitrogens with zero attached hydrogens (tertiary/aromatic N) is 1. The van der Waals surface area contributed by atoms with E-state index < -0.39 is 5.91 Å². The van der Waals surface area contributed by atoms with E-state index in [4.69, 9.17) is 15.2 Å². The Kier molecular flexibility index (Phi) is 6.84. The number of benzene rings is 1. The van der Waals surface area contributed by atoms with Crippen LogP contribution in [-0.4, -0.2) is 51.1 Å². The first-order valence-corrected chi connectivity index (χ1v) is 7.27. The summed E-state index contributed by atoms with van der Waals surface area (Å²) in [6, 6.07) is 3.52. The molecule has 0 fully saturated rings. The molecule has 23 heavy (non-hydrogen) atoms. The molecule has 0 heterocycles. The third-order valence-corrected chi connectivity index (χ3v) is 3.46. The molecule has 1 aromatic rings. The van der Waals surface area contributed by atoms with Gasteiger partial charge in [0.05, 0.1) is 33.4 Å². The van der Waals surface area contributed by atoms with Gasteiger partial charge in [-0.1, -0.05) is 0 Å². The smallest absolute Gasteiger partial charge is 0.234 e. The van der Waals surface area contributed by atoms with Crippen LogP contribution in [-0.2, 0) is 9.59 Å². The predicted molar refractivity (Wildman–Crippen MR) is 87.5 cm³/mol. The number of rotatable bonds is 8. The van der Waals surface area contributed by atoms with E-state index in [-0.39, 0.29) is 25.0 Å². The Morgan fingerprint density at radius 2 is 1.78 bits per heavy atom. The second-order valence-corrected chi connectivity index (χ2v) is 5.49. The number of hydrogen-bond acceptors (Lipinski definition) is 5. The first kappa shape index (κ1) is 18.8. The van der Waals surface area contributed by atoms with E-state index in [1.807, 2.05) is 26.0 Å². The van der Waals surface area contributed by atoms with E-state index in [1.54, 1.807) is 26.2 Å². The maximum absolute atomic E-state index is 12.0. The van der Waals surface area contributed by atoms with Crippen LogP contribution in [0.3, 0.4) is 0 Å². The van der Waals surface area contributed by atoms with Gasteiger partial charge in [-0.15, -0.1) is 0 Å². The average molecular weight is 323 g/mol. The number of carbonyl (C=O) groups is 2. The van der Waals surface area contributed by atoms with Gasteiger partial charge in [0.2, 0.25) is 11.8 Å².